The highest BCUT2D eigenvalue weighted by molar-refractivity contribution is 7.90. The number of urea groups is 1. The predicted octanol–water partition coefficient (Wildman–Crippen LogP) is 3.89. The maximum Gasteiger partial charge on any atom is 0.328 e. The van der Waals surface area contributed by atoms with Gasteiger partial charge in [0.05, 0.1) is 15.9 Å². The van der Waals surface area contributed by atoms with Gasteiger partial charge in [-0.05, 0) is 72.9 Å². The molecule has 8 nitrogen and oxygen atoms in total. The first-order valence-electron chi connectivity index (χ1n) is 11.9. The lowest BCUT2D eigenvalue weighted by Crippen LogP contribution is -2.40. The van der Waals surface area contributed by atoms with Crippen LogP contribution >= 0.6 is 0 Å². The van der Waals surface area contributed by atoms with E-state index in [1.165, 1.54) is 23.3 Å². The molecule has 0 aliphatic carbocycles. The molecule has 0 bridgehead atoms. The smallest absolute Gasteiger partial charge is 0.328 e. The Kier molecular flexibility index (Phi) is 7.42. The lowest BCUT2D eigenvalue weighted by atomic mass is 10.1. The highest BCUT2D eigenvalue weighted by Crippen LogP contribution is 2.27. The zero-order valence-electron chi connectivity index (χ0n) is 20.7. The third kappa shape index (κ3) is 5.27. The first-order chi connectivity index (χ1) is 17.2. The van der Waals surface area contributed by atoms with E-state index < -0.39 is 16.1 Å². The Hall–Kier alpha value is -3.69. The van der Waals surface area contributed by atoms with Crippen LogP contribution in [-0.2, 0) is 29.4 Å². The minimum atomic E-state index is -3.95. The molecule has 0 aliphatic heterocycles. The Labute approximate surface area is 211 Å². The van der Waals surface area contributed by atoms with Crippen molar-refractivity contribution in [2.45, 2.75) is 45.1 Å². The van der Waals surface area contributed by atoms with Gasteiger partial charge in [-0.2, -0.15) is 0 Å². The number of aromatic nitrogens is 2. The molecule has 0 fully saturated rings. The first kappa shape index (κ1) is 25.4. The standard InChI is InChI=1S/C27H31N5O3S/c1-4-25-30-24-14-5-18(2)19(3)26(24)32(25)22-10-6-20(7-11-22)15-16-29-27(33)31-36(34,35)23-12-8-21(17-28)9-13-23/h5-14H,4,15-17,28H2,1-3H3,(H2,29,31,33). The van der Waals surface area contributed by atoms with Gasteiger partial charge in [-0.3, -0.25) is 4.57 Å². The molecule has 0 saturated carbocycles. The van der Waals surface area contributed by atoms with Gasteiger partial charge in [-0.1, -0.05) is 37.3 Å². The summed E-state index contributed by atoms with van der Waals surface area (Å²) in [5.41, 5.74) is 12.9. The molecule has 4 N–H and O–H groups in total. The van der Waals surface area contributed by atoms with Crippen molar-refractivity contribution in [3.05, 3.63) is 88.7 Å². The summed E-state index contributed by atoms with van der Waals surface area (Å²) in [6.07, 6.45) is 1.37. The fraction of sp³-hybridized carbons (Fsp3) is 0.259. The topological polar surface area (TPSA) is 119 Å². The first-order valence-corrected chi connectivity index (χ1v) is 13.4. The molecule has 0 spiro atoms. The number of rotatable bonds is 8. The van der Waals surface area contributed by atoms with Crippen molar-refractivity contribution in [2.24, 2.45) is 5.73 Å². The van der Waals surface area contributed by atoms with E-state index in [9.17, 15) is 13.2 Å². The van der Waals surface area contributed by atoms with Crippen LogP contribution in [-0.4, -0.2) is 30.5 Å². The number of hydrogen-bond acceptors (Lipinski definition) is 5. The van der Waals surface area contributed by atoms with E-state index >= 15 is 0 Å². The number of benzene rings is 3. The second-order valence-electron chi connectivity index (χ2n) is 8.72. The molecular weight excluding hydrogens is 474 g/mol. The SMILES string of the molecule is CCc1nc2ccc(C)c(C)c2n1-c1ccc(CCNC(=O)NS(=O)(=O)c2ccc(CN)cc2)cc1. The molecule has 3 aromatic carbocycles. The van der Waals surface area contributed by atoms with Gasteiger partial charge >= 0.3 is 6.03 Å². The Balaban J connectivity index is 1.40. The summed E-state index contributed by atoms with van der Waals surface area (Å²) in [6, 6.07) is 17.6. The molecule has 0 radical (unpaired) electrons. The number of amides is 2. The van der Waals surface area contributed by atoms with E-state index in [0.717, 1.165) is 40.1 Å². The summed E-state index contributed by atoms with van der Waals surface area (Å²) in [5.74, 6) is 1.00. The largest absolute Gasteiger partial charge is 0.337 e. The molecule has 0 aliphatic rings. The molecule has 188 valence electrons. The van der Waals surface area contributed by atoms with Crippen LogP contribution in [0.1, 0.15) is 35.0 Å². The Morgan fingerprint density at radius 3 is 2.28 bits per heavy atom. The Bertz CT molecular complexity index is 1490. The van der Waals surface area contributed by atoms with Crippen LogP contribution in [0.3, 0.4) is 0 Å². The van der Waals surface area contributed by atoms with Gasteiger partial charge in [0.1, 0.15) is 5.82 Å². The second-order valence-corrected chi connectivity index (χ2v) is 10.4. The van der Waals surface area contributed by atoms with Gasteiger partial charge in [-0.15, -0.1) is 0 Å². The van der Waals surface area contributed by atoms with Crippen molar-refractivity contribution in [1.82, 2.24) is 19.6 Å². The second kappa shape index (κ2) is 10.5. The van der Waals surface area contributed by atoms with Gasteiger partial charge in [0.2, 0.25) is 0 Å². The van der Waals surface area contributed by atoms with Gasteiger partial charge in [-0.25, -0.2) is 22.9 Å². The summed E-state index contributed by atoms with van der Waals surface area (Å²) in [4.78, 5) is 17.0. The minimum Gasteiger partial charge on any atom is -0.337 e. The Morgan fingerprint density at radius 2 is 1.64 bits per heavy atom. The normalized spacial score (nSPS) is 11.6. The van der Waals surface area contributed by atoms with Crippen molar-refractivity contribution >= 4 is 27.1 Å². The number of imidazole rings is 1. The van der Waals surface area contributed by atoms with Crippen LogP contribution in [0.4, 0.5) is 4.79 Å². The number of nitrogens with zero attached hydrogens (tertiary/aromatic N) is 2. The molecule has 36 heavy (non-hydrogen) atoms. The number of sulfonamides is 1. The Morgan fingerprint density at radius 1 is 0.972 bits per heavy atom. The summed E-state index contributed by atoms with van der Waals surface area (Å²) >= 11 is 0. The van der Waals surface area contributed by atoms with Crippen LogP contribution in [0.15, 0.2) is 65.6 Å². The molecule has 9 heteroatoms. The highest BCUT2D eigenvalue weighted by Gasteiger charge is 2.17. The monoisotopic (exact) mass is 505 g/mol. The molecule has 1 heterocycles. The van der Waals surface area contributed by atoms with Gasteiger partial charge in [0.15, 0.2) is 0 Å². The molecule has 0 saturated heterocycles. The molecule has 4 rings (SSSR count). The summed E-state index contributed by atoms with van der Waals surface area (Å²) in [7, 11) is -3.95. The number of carbonyl (C=O) groups is 1. The number of hydrogen-bond donors (Lipinski definition) is 3. The zero-order valence-corrected chi connectivity index (χ0v) is 21.5. The predicted molar refractivity (Wildman–Crippen MR) is 142 cm³/mol. The van der Waals surface area contributed by atoms with Crippen LogP contribution in [0, 0.1) is 13.8 Å². The quantitative estimate of drug-likeness (QED) is 0.336. The summed E-state index contributed by atoms with van der Waals surface area (Å²) in [6.45, 7) is 6.93. The van der Waals surface area contributed by atoms with Crippen LogP contribution < -0.4 is 15.8 Å². The van der Waals surface area contributed by atoms with Crippen molar-refractivity contribution in [1.29, 1.82) is 0 Å². The third-order valence-corrected chi connectivity index (χ3v) is 7.67. The molecular formula is C27H31N5O3S. The number of carbonyl (C=O) groups excluding carboxylic acids is 1. The van der Waals surface area contributed by atoms with Crippen LogP contribution in [0.25, 0.3) is 16.7 Å². The van der Waals surface area contributed by atoms with Crippen molar-refractivity contribution in [2.75, 3.05) is 6.54 Å². The highest BCUT2D eigenvalue weighted by atomic mass is 32.2. The molecule has 0 unspecified atom stereocenters. The number of nitrogens with one attached hydrogen (secondary N) is 2. The average molecular weight is 506 g/mol. The van der Waals surface area contributed by atoms with Crippen LogP contribution in [0.5, 0.6) is 0 Å². The number of nitrogens with two attached hydrogens (primary N) is 1. The van der Waals surface area contributed by atoms with Crippen molar-refractivity contribution in [3.63, 3.8) is 0 Å². The maximum absolute atomic E-state index is 12.4. The maximum atomic E-state index is 12.4. The number of aryl methyl sites for hydroxylation is 3. The van der Waals surface area contributed by atoms with E-state index in [1.54, 1.807) is 12.1 Å². The molecule has 0 atom stereocenters. The summed E-state index contributed by atoms with van der Waals surface area (Å²) in [5, 5.41) is 2.61. The average Bonchev–Trinajstić information content (AvgIpc) is 3.26. The van der Waals surface area contributed by atoms with Gasteiger partial charge < -0.3 is 11.1 Å². The van der Waals surface area contributed by atoms with Crippen molar-refractivity contribution in [3.8, 4) is 5.69 Å². The van der Waals surface area contributed by atoms with Gasteiger partial charge in [0, 0.05) is 25.2 Å². The fourth-order valence-corrected chi connectivity index (χ4v) is 5.07. The van der Waals surface area contributed by atoms with E-state index in [1.807, 2.05) is 29.0 Å². The van der Waals surface area contributed by atoms with Gasteiger partial charge in [0.25, 0.3) is 10.0 Å². The molecule has 4 aromatic rings. The van der Waals surface area contributed by atoms with E-state index in [4.69, 9.17) is 10.7 Å². The van der Waals surface area contributed by atoms with Crippen molar-refractivity contribution < 1.29 is 13.2 Å². The lowest BCUT2D eigenvalue weighted by Gasteiger charge is -2.12. The van der Waals surface area contributed by atoms with E-state index in [-0.39, 0.29) is 4.90 Å². The third-order valence-electron chi connectivity index (χ3n) is 6.32. The molecule has 1 aromatic heterocycles. The summed E-state index contributed by atoms with van der Waals surface area (Å²) < 4.78 is 29.1. The van der Waals surface area contributed by atoms with E-state index in [0.29, 0.717) is 19.5 Å². The lowest BCUT2D eigenvalue weighted by molar-refractivity contribution is 0.246. The number of fused-ring (bicyclic) bond motifs is 1. The molecule has 2 amide bonds. The zero-order chi connectivity index (χ0) is 25.9. The minimum absolute atomic E-state index is 0.00865. The van der Waals surface area contributed by atoms with E-state index in [2.05, 4.69) is 42.8 Å². The fourth-order valence-electron chi connectivity index (χ4n) is 4.15. The van der Waals surface area contributed by atoms with Crippen LogP contribution in [0.2, 0.25) is 0 Å².